The van der Waals surface area contributed by atoms with Crippen molar-refractivity contribution in [2.45, 2.75) is 32.2 Å². The summed E-state index contributed by atoms with van der Waals surface area (Å²) in [4.78, 5) is 0. The van der Waals surface area contributed by atoms with Gasteiger partial charge in [0.15, 0.2) is 0 Å². The molecule has 0 aliphatic carbocycles. The minimum atomic E-state index is -0.162. The third-order valence-corrected chi connectivity index (χ3v) is 2.81. The molecule has 4 heteroatoms. The van der Waals surface area contributed by atoms with E-state index in [1.54, 1.807) is 0 Å². The summed E-state index contributed by atoms with van der Waals surface area (Å²) in [5.41, 5.74) is 1.00. The highest BCUT2D eigenvalue weighted by molar-refractivity contribution is 5.33. The smallest absolute Gasteiger partial charge is 0.122 e. The largest absolute Gasteiger partial charge is 0.493 e. The first kappa shape index (κ1) is 15.5. The van der Waals surface area contributed by atoms with E-state index in [0.29, 0.717) is 19.4 Å². The first-order chi connectivity index (χ1) is 9.31. The molecule has 1 unspecified atom stereocenters. The van der Waals surface area contributed by atoms with Gasteiger partial charge in [0.25, 0.3) is 0 Å². The van der Waals surface area contributed by atoms with E-state index in [1.807, 2.05) is 24.3 Å². The molecule has 19 heavy (non-hydrogen) atoms. The summed E-state index contributed by atoms with van der Waals surface area (Å²) in [6, 6.07) is 9.75. The van der Waals surface area contributed by atoms with Crippen molar-refractivity contribution in [1.29, 1.82) is 5.26 Å². The Kier molecular flexibility index (Phi) is 7.64. The third-order valence-electron chi connectivity index (χ3n) is 2.81. The van der Waals surface area contributed by atoms with Gasteiger partial charge in [0.1, 0.15) is 5.75 Å². The number of ether oxygens (including phenoxy) is 1. The number of hydrogen-bond acceptors (Lipinski definition) is 4. The minimum Gasteiger partial charge on any atom is -0.493 e. The molecule has 1 aromatic rings. The van der Waals surface area contributed by atoms with E-state index in [4.69, 9.17) is 15.1 Å². The van der Waals surface area contributed by atoms with Gasteiger partial charge in [0.2, 0.25) is 0 Å². The molecule has 0 aliphatic rings. The van der Waals surface area contributed by atoms with Gasteiger partial charge in [-0.1, -0.05) is 25.1 Å². The number of nitrogens with zero attached hydrogens (tertiary/aromatic N) is 1. The van der Waals surface area contributed by atoms with Crippen molar-refractivity contribution in [3.63, 3.8) is 0 Å². The van der Waals surface area contributed by atoms with Gasteiger partial charge in [-0.2, -0.15) is 5.26 Å². The minimum absolute atomic E-state index is 0.110. The standard InChI is InChI=1S/C15H22N2O2/c1-2-9-17-14(12-16)8-11-19-15-6-4-3-5-13(15)7-10-18/h3-6,14,17-18H,2,7-11H2,1H3. The predicted octanol–water partition coefficient (Wildman–Crippen LogP) is 1.88. The molecule has 0 aromatic heterocycles. The van der Waals surface area contributed by atoms with Gasteiger partial charge in [-0.3, -0.25) is 0 Å². The van der Waals surface area contributed by atoms with Gasteiger partial charge in [0.05, 0.1) is 18.7 Å². The zero-order valence-corrected chi connectivity index (χ0v) is 11.4. The Bertz CT molecular complexity index is 401. The molecule has 0 radical (unpaired) electrons. The SMILES string of the molecule is CCCNC(C#N)CCOc1ccccc1CCO. The van der Waals surface area contributed by atoms with Crippen molar-refractivity contribution in [3.05, 3.63) is 29.8 Å². The quantitative estimate of drug-likeness (QED) is 0.713. The molecule has 0 fully saturated rings. The van der Waals surface area contributed by atoms with Crippen molar-refractivity contribution in [2.75, 3.05) is 19.8 Å². The lowest BCUT2D eigenvalue weighted by Crippen LogP contribution is -2.29. The van der Waals surface area contributed by atoms with Crippen LogP contribution < -0.4 is 10.1 Å². The molecule has 4 nitrogen and oxygen atoms in total. The van der Waals surface area contributed by atoms with E-state index < -0.39 is 0 Å². The normalized spacial score (nSPS) is 11.8. The lowest BCUT2D eigenvalue weighted by Gasteiger charge is -2.13. The van der Waals surface area contributed by atoms with Crippen molar-refractivity contribution in [3.8, 4) is 11.8 Å². The van der Waals surface area contributed by atoms with Crippen LogP contribution in [0.4, 0.5) is 0 Å². The average Bonchev–Trinajstić information content (AvgIpc) is 2.44. The van der Waals surface area contributed by atoms with Crippen LogP contribution in [0.1, 0.15) is 25.3 Å². The second kappa shape index (κ2) is 9.37. The van der Waals surface area contributed by atoms with Crippen molar-refractivity contribution in [2.24, 2.45) is 0 Å². The number of para-hydroxylation sites is 1. The maximum absolute atomic E-state index is 8.99. The van der Waals surface area contributed by atoms with Crippen LogP contribution in [0.3, 0.4) is 0 Å². The first-order valence-corrected chi connectivity index (χ1v) is 6.76. The molecule has 0 aliphatic heterocycles. The summed E-state index contributed by atoms with van der Waals surface area (Å²) < 4.78 is 5.70. The summed E-state index contributed by atoms with van der Waals surface area (Å²) in [7, 11) is 0. The van der Waals surface area contributed by atoms with E-state index in [1.165, 1.54) is 0 Å². The van der Waals surface area contributed by atoms with Crippen LogP contribution in [0.5, 0.6) is 5.75 Å². The third kappa shape index (κ3) is 5.73. The molecule has 1 atom stereocenters. The summed E-state index contributed by atoms with van der Waals surface area (Å²) >= 11 is 0. The molecule has 0 saturated heterocycles. The number of aliphatic hydroxyl groups is 1. The molecule has 0 amide bonds. The Morgan fingerprint density at radius 1 is 1.42 bits per heavy atom. The number of nitriles is 1. The maximum Gasteiger partial charge on any atom is 0.122 e. The first-order valence-electron chi connectivity index (χ1n) is 6.76. The number of hydrogen-bond donors (Lipinski definition) is 2. The molecule has 0 spiro atoms. The van der Waals surface area contributed by atoms with Crippen LogP contribution in [0.15, 0.2) is 24.3 Å². The maximum atomic E-state index is 8.99. The van der Waals surface area contributed by atoms with E-state index >= 15 is 0 Å². The van der Waals surface area contributed by atoms with Gasteiger partial charge in [-0.25, -0.2) is 0 Å². The predicted molar refractivity (Wildman–Crippen MR) is 75.0 cm³/mol. The Morgan fingerprint density at radius 2 is 2.21 bits per heavy atom. The van der Waals surface area contributed by atoms with E-state index in [2.05, 4.69) is 18.3 Å². The van der Waals surface area contributed by atoms with Crippen molar-refractivity contribution in [1.82, 2.24) is 5.32 Å². The average molecular weight is 262 g/mol. The fraction of sp³-hybridized carbons (Fsp3) is 0.533. The number of aliphatic hydroxyl groups excluding tert-OH is 1. The van der Waals surface area contributed by atoms with E-state index in [-0.39, 0.29) is 12.6 Å². The van der Waals surface area contributed by atoms with Crippen LogP contribution in [0.2, 0.25) is 0 Å². The Hall–Kier alpha value is -1.57. The van der Waals surface area contributed by atoms with Crippen LogP contribution >= 0.6 is 0 Å². The monoisotopic (exact) mass is 262 g/mol. The highest BCUT2D eigenvalue weighted by atomic mass is 16.5. The zero-order valence-electron chi connectivity index (χ0n) is 11.4. The summed E-state index contributed by atoms with van der Waals surface area (Å²) in [6.45, 7) is 3.53. The Morgan fingerprint density at radius 3 is 2.89 bits per heavy atom. The lowest BCUT2D eigenvalue weighted by molar-refractivity contribution is 0.281. The van der Waals surface area contributed by atoms with Crippen molar-refractivity contribution >= 4 is 0 Å². The fourth-order valence-electron chi connectivity index (χ4n) is 1.79. The number of rotatable bonds is 9. The number of benzene rings is 1. The van der Waals surface area contributed by atoms with Gasteiger partial charge in [-0.15, -0.1) is 0 Å². The molecule has 0 saturated carbocycles. The van der Waals surface area contributed by atoms with E-state index in [9.17, 15) is 0 Å². The molecule has 1 aromatic carbocycles. The van der Waals surface area contributed by atoms with Gasteiger partial charge in [-0.05, 0) is 31.0 Å². The molecular weight excluding hydrogens is 240 g/mol. The molecular formula is C15H22N2O2. The number of nitrogens with one attached hydrogen (secondary N) is 1. The highest BCUT2D eigenvalue weighted by Gasteiger charge is 2.07. The van der Waals surface area contributed by atoms with Crippen LogP contribution in [0.25, 0.3) is 0 Å². The van der Waals surface area contributed by atoms with Gasteiger partial charge in [0, 0.05) is 13.0 Å². The Labute approximate surface area is 115 Å². The van der Waals surface area contributed by atoms with Gasteiger partial charge < -0.3 is 15.2 Å². The lowest BCUT2D eigenvalue weighted by atomic mass is 10.1. The summed E-state index contributed by atoms with van der Waals surface area (Å²) in [6.07, 6.45) is 2.26. The highest BCUT2D eigenvalue weighted by Crippen LogP contribution is 2.18. The molecule has 2 N–H and O–H groups in total. The summed E-state index contributed by atoms with van der Waals surface area (Å²) in [5.74, 6) is 0.795. The molecule has 1 rings (SSSR count). The zero-order chi connectivity index (χ0) is 13.9. The topological polar surface area (TPSA) is 65.3 Å². The van der Waals surface area contributed by atoms with Crippen molar-refractivity contribution < 1.29 is 9.84 Å². The van der Waals surface area contributed by atoms with Gasteiger partial charge >= 0.3 is 0 Å². The summed E-state index contributed by atoms with van der Waals surface area (Å²) in [5, 5.41) is 21.1. The second-order valence-corrected chi connectivity index (χ2v) is 4.35. The van der Waals surface area contributed by atoms with Crippen LogP contribution in [-0.2, 0) is 6.42 Å². The molecule has 0 bridgehead atoms. The fourth-order valence-corrected chi connectivity index (χ4v) is 1.79. The van der Waals surface area contributed by atoms with Crippen LogP contribution in [0, 0.1) is 11.3 Å². The molecule has 0 heterocycles. The van der Waals surface area contributed by atoms with Crippen LogP contribution in [-0.4, -0.2) is 30.9 Å². The molecule has 104 valence electrons. The second-order valence-electron chi connectivity index (χ2n) is 4.35. The Balaban J connectivity index is 2.42. The van der Waals surface area contributed by atoms with E-state index in [0.717, 1.165) is 24.3 Å².